The summed E-state index contributed by atoms with van der Waals surface area (Å²) in [6, 6.07) is 20.7. The Morgan fingerprint density at radius 3 is 2.29 bits per heavy atom. The average molecular weight is 513 g/mol. The second kappa shape index (κ2) is 10.9. The van der Waals surface area contributed by atoms with Crippen molar-refractivity contribution in [2.45, 2.75) is 26.9 Å². The largest absolute Gasteiger partial charge is 0.508 e. The average Bonchev–Trinajstić information content (AvgIpc) is 3.29. The normalized spacial score (nSPS) is 14.0. The van der Waals surface area contributed by atoms with Crippen molar-refractivity contribution in [3.05, 3.63) is 89.2 Å². The molecule has 4 aromatic rings. The van der Waals surface area contributed by atoms with Crippen molar-refractivity contribution in [3.8, 4) is 28.6 Å². The van der Waals surface area contributed by atoms with E-state index in [1.165, 1.54) is 6.07 Å². The van der Waals surface area contributed by atoms with Gasteiger partial charge in [-0.15, -0.1) is 10.2 Å². The molecule has 1 aliphatic rings. The molecule has 1 aromatic heterocycles. The Morgan fingerprint density at radius 2 is 1.61 bits per heavy atom. The number of hydrogen-bond donors (Lipinski definition) is 3. The second-order valence-electron chi connectivity index (χ2n) is 9.66. The molecule has 1 fully saturated rings. The number of phenolic OH excluding ortho intramolecular Hbond substituents is 2. The van der Waals surface area contributed by atoms with Gasteiger partial charge in [-0.1, -0.05) is 30.3 Å². The zero-order chi connectivity index (χ0) is 26.6. The van der Waals surface area contributed by atoms with Crippen molar-refractivity contribution >= 4 is 6.03 Å². The van der Waals surface area contributed by atoms with Crippen LogP contribution < -0.4 is 5.32 Å². The highest BCUT2D eigenvalue weighted by Crippen LogP contribution is 2.25. The highest BCUT2D eigenvalue weighted by molar-refractivity contribution is 5.74. The predicted molar refractivity (Wildman–Crippen MR) is 145 cm³/mol. The fourth-order valence-electron chi connectivity index (χ4n) is 4.87. The van der Waals surface area contributed by atoms with E-state index in [9.17, 15) is 15.0 Å². The number of benzene rings is 3. The molecule has 0 spiro atoms. The van der Waals surface area contributed by atoms with Crippen LogP contribution in [0.4, 0.5) is 4.79 Å². The minimum absolute atomic E-state index is 0.0505. The van der Waals surface area contributed by atoms with Crippen LogP contribution in [0, 0.1) is 13.8 Å². The Morgan fingerprint density at radius 1 is 0.895 bits per heavy atom. The molecule has 196 valence electrons. The van der Waals surface area contributed by atoms with E-state index in [0.717, 1.165) is 52.7 Å². The number of hydrogen-bond acceptors (Lipinski definition) is 6. The van der Waals surface area contributed by atoms with Crippen molar-refractivity contribution in [1.29, 1.82) is 0 Å². The maximum atomic E-state index is 12.8. The van der Waals surface area contributed by atoms with Crippen LogP contribution in [0.15, 0.2) is 66.7 Å². The third kappa shape index (κ3) is 5.63. The molecular formula is C29H32N6O3. The van der Waals surface area contributed by atoms with Crippen molar-refractivity contribution < 1.29 is 15.0 Å². The fraction of sp³-hybridized carbons (Fsp3) is 0.276. The molecule has 2 amide bonds. The van der Waals surface area contributed by atoms with Gasteiger partial charge in [0, 0.05) is 56.6 Å². The molecule has 3 aromatic carbocycles. The Kier molecular flexibility index (Phi) is 7.28. The first-order valence-electron chi connectivity index (χ1n) is 12.7. The number of urea groups is 1. The lowest BCUT2D eigenvalue weighted by Gasteiger charge is -2.34. The number of nitrogens with one attached hydrogen (secondary N) is 1. The number of para-hydroxylation sites is 1. The molecule has 0 bridgehead atoms. The lowest BCUT2D eigenvalue weighted by molar-refractivity contribution is 0.135. The first-order valence-corrected chi connectivity index (χ1v) is 12.7. The third-order valence-electron chi connectivity index (χ3n) is 6.90. The molecule has 2 heterocycles. The minimum Gasteiger partial charge on any atom is -0.508 e. The zero-order valence-electron chi connectivity index (χ0n) is 21.6. The van der Waals surface area contributed by atoms with Crippen LogP contribution in [0.3, 0.4) is 0 Å². The predicted octanol–water partition coefficient (Wildman–Crippen LogP) is 3.99. The number of aryl methyl sites for hydroxylation is 2. The van der Waals surface area contributed by atoms with E-state index in [1.54, 1.807) is 12.1 Å². The molecule has 1 saturated heterocycles. The van der Waals surface area contributed by atoms with Gasteiger partial charge in [-0.25, -0.2) is 4.79 Å². The Bertz CT molecular complexity index is 1410. The fourth-order valence-corrected chi connectivity index (χ4v) is 4.87. The molecule has 5 rings (SSSR count). The molecule has 0 saturated carbocycles. The Labute approximate surface area is 222 Å². The van der Waals surface area contributed by atoms with Crippen molar-refractivity contribution in [1.82, 2.24) is 29.9 Å². The first-order chi connectivity index (χ1) is 18.4. The van der Waals surface area contributed by atoms with Crippen LogP contribution in [0.25, 0.3) is 17.1 Å². The van der Waals surface area contributed by atoms with E-state index < -0.39 is 0 Å². The summed E-state index contributed by atoms with van der Waals surface area (Å²) >= 11 is 0. The number of piperazine rings is 1. The highest BCUT2D eigenvalue weighted by atomic mass is 16.3. The van der Waals surface area contributed by atoms with Crippen LogP contribution in [-0.4, -0.2) is 67.0 Å². The number of carbonyl (C=O) groups is 1. The molecule has 0 unspecified atom stereocenters. The van der Waals surface area contributed by atoms with E-state index in [4.69, 9.17) is 0 Å². The summed E-state index contributed by atoms with van der Waals surface area (Å²) in [6.07, 6.45) is 0. The van der Waals surface area contributed by atoms with Crippen molar-refractivity contribution in [2.24, 2.45) is 0 Å². The van der Waals surface area contributed by atoms with Crippen LogP contribution in [0.1, 0.15) is 22.5 Å². The van der Waals surface area contributed by atoms with Gasteiger partial charge in [0.1, 0.15) is 17.3 Å². The van der Waals surface area contributed by atoms with E-state index in [1.807, 2.05) is 65.8 Å². The van der Waals surface area contributed by atoms with Gasteiger partial charge in [0.15, 0.2) is 5.82 Å². The molecular weight excluding hydrogens is 480 g/mol. The van der Waals surface area contributed by atoms with Gasteiger partial charge in [-0.3, -0.25) is 9.47 Å². The minimum atomic E-state index is -0.0810. The van der Waals surface area contributed by atoms with Crippen molar-refractivity contribution in [2.75, 3.05) is 26.2 Å². The smallest absolute Gasteiger partial charge is 0.317 e. The topological polar surface area (TPSA) is 107 Å². The second-order valence-corrected chi connectivity index (χ2v) is 9.66. The number of aromatic nitrogens is 3. The maximum absolute atomic E-state index is 12.8. The standard InChI is InChI=1S/C29H32N6O3/c1-20-14-23(28-32-31-21(2)35(28)25-6-4-3-5-7-25)8-9-24(20)18-30-29(38)34-12-10-33(11-13-34)19-22-15-26(36)17-27(37)16-22/h3-9,14-17,36-37H,10-13,18-19H2,1-2H3,(H,30,38). The summed E-state index contributed by atoms with van der Waals surface area (Å²) in [5.41, 5.74) is 4.95. The number of rotatable bonds is 6. The molecule has 9 nitrogen and oxygen atoms in total. The summed E-state index contributed by atoms with van der Waals surface area (Å²) in [6.45, 7) is 7.71. The van der Waals surface area contributed by atoms with E-state index in [0.29, 0.717) is 26.2 Å². The monoisotopic (exact) mass is 512 g/mol. The van der Waals surface area contributed by atoms with Crippen LogP contribution in [0.2, 0.25) is 0 Å². The summed E-state index contributed by atoms with van der Waals surface area (Å²) in [5.74, 6) is 1.70. The maximum Gasteiger partial charge on any atom is 0.317 e. The molecule has 0 radical (unpaired) electrons. The van der Waals surface area contributed by atoms with Crippen LogP contribution >= 0.6 is 0 Å². The van der Waals surface area contributed by atoms with Gasteiger partial charge in [0.05, 0.1) is 0 Å². The number of nitrogens with zero attached hydrogens (tertiary/aromatic N) is 5. The number of amides is 2. The van der Waals surface area contributed by atoms with E-state index in [-0.39, 0.29) is 17.5 Å². The van der Waals surface area contributed by atoms with Gasteiger partial charge < -0.3 is 20.4 Å². The van der Waals surface area contributed by atoms with Gasteiger partial charge in [0.2, 0.25) is 0 Å². The summed E-state index contributed by atoms with van der Waals surface area (Å²) in [5, 5.41) is 31.2. The summed E-state index contributed by atoms with van der Waals surface area (Å²) in [4.78, 5) is 16.9. The van der Waals surface area contributed by atoms with Crippen LogP contribution in [0.5, 0.6) is 11.5 Å². The van der Waals surface area contributed by atoms with Gasteiger partial charge in [0.25, 0.3) is 0 Å². The number of aromatic hydroxyl groups is 2. The number of carbonyl (C=O) groups excluding carboxylic acids is 1. The Hall–Kier alpha value is -4.37. The highest BCUT2D eigenvalue weighted by Gasteiger charge is 2.21. The summed E-state index contributed by atoms with van der Waals surface area (Å²) in [7, 11) is 0. The van der Waals surface area contributed by atoms with Gasteiger partial charge >= 0.3 is 6.03 Å². The lowest BCUT2D eigenvalue weighted by Crippen LogP contribution is -2.51. The molecule has 3 N–H and O–H groups in total. The van der Waals surface area contributed by atoms with Crippen LogP contribution in [-0.2, 0) is 13.1 Å². The third-order valence-corrected chi connectivity index (χ3v) is 6.90. The molecule has 1 aliphatic heterocycles. The molecule has 0 aliphatic carbocycles. The Balaban J connectivity index is 1.17. The SMILES string of the molecule is Cc1cc(-c2nnc(C)n2-c2ccccc2)ccc1CNC(=O)N1CCN(Cc2cc(O)cc(O)c2)CC1. The molecule has 9 heteroatoms. The number of phenols is 2. The quantitative estimate of drug-likeness (QED) is 0.361. The van der Waals surface area contributed by atoms with E-state index in [2.05, 4.69) is 26.5 Å². The molecule has 0 atom stereocenters. The molecule has 38 heavy (non-hydrogen) atoms. The van der Waals surface area contributed by atoms with Gasteiger partial charge in [-0.05, 0) is 60.9 Å². The lowest BCUT2D eigenvalue weighted by atomic mass is 10.0. The van der Waals surface area contributed by atoms with Gasteiger partial charge in [-0.2, -0.15) is 0 Å². The summed E-state index contributed by atoms with van der Waals surface area (Å²) < 4.78 is 2.04. The van der Waals surface area contributed by atoms with Crippen molar-refractivity contribution in [3.63, 3.8) is 0 Å². The first kappa shape index (κ1) is 25.3. The van der Waals surface area contributed by atoms with E-state index >= 15 is 0 Å². The zero-order valence-corrected chi connectivity index (χ0v) is 21.6.